The fraction of sp³-hybridized carbons (Fsp3) is 0.217. The molecule has 150 valence electrons. The van der Waals surface area contributed by atoms with Gasteiger partial charge in [0.05, 0.1) is 12.2 Å². The highest BCUT2D eigenvalue weighted by Gasteiger charge is 2.29. The predicted octanol–water partition coefficient (Wildman–Crippen LogP) is 3.93. The van der Waals surface area contributed by atoms with E-state index in [9.17, 15) is 4.79 Å². The van der Waals surface area contributed by atoms with Gasteiger partial charge in [0.1, 0.15) is 11.6 Å². The minimum Gasteiger partial charge on any atom is -0.373 e. The van der Waals surface area contributed by atoms with Gasteiger partial charge in [-0.2, -0.15) is 5.10 Å². The van der Waals surface area contributed by atoms with Crippen molar-refractivity contribution in [3.05, 3.63) is 66.6 Å². The molecule has 7 nitrogen and oxygen atoms in total. The molecular weight excluding hydrogens is 376 g/mol. The Hall–Kier alpha value is -3.74. The van der Waals surface area contributed by atoms with E-state index >= 15 is 0 Å². The highest BCUT2D eigenvalue weighted by molar-refractivity contribution is 6.03. The number of pyridine rings is 2. The summed E-state index contributed by atoms with van der Waals surface area (Å²) in [5, 5.41) is 12.5. The fourth-order valence-electron chi connectivity index (χ4n) is 3.62. The molecule has 3 heterocycles. The molecule has 0 bridgehead atoms. The van der Waals surface area contributed by atoms with Crippen molar-refractivity contribution in [3.8, 4) is 11.3 Å². The van der Waals surface area contributed by atoms with Crippen molar-refractivity contribution in [2.24, 2.45) is 5.92 Å². The summed E-state index contributed by atoms with van der Waals surface area (Å²) in [7, 11) is 1.84. The van der Waals surface area contributed by atoms with E-state index in [4.69, 9.17) is 0 Å². The summed E-state index contributed by atoms with van der Waals surface area (Å²) in [5.74, 6) is 1.47. The molecule has 2 N–H and O–H groups in total. The van der Waals surface area contributed by atoms with Crippen LogP contribution in [0.3, 0.4) is 0 Å². The van der Waals surface area contributed by atoms with Gasteiger partial charge in [-0.05, 0) is 30.5 Å². The minimum atomic E-state index is 0.0421. The van der Waals surface area contributed by atoms with Crippen LogP contribution in [0.5, 0.6) is 0 Å². The van der Waals surface area contributed by atoms with E-state index in [0.717, 1.165) is 40.7 Å². The first-order valence-electron chi connectivity index (χ1n) is 10.1. The maximum absolute atomic E-state index is 12.2. The Bertz CT molecular complexity index is 1210. The van der Waals surface area contributed by atoms with Crippen LogP contribution >= 0.6 is 0 Å². The molecule has 3 aromatic heterocycles. The summed E-state index contributed by atoms with van der Waals surface area (Å²) in [4.78, 5) is 21.2. The first-order chi connectivity index (χ1) is 14.7. The second kappa shape index (κ2) is 7.59. The molecule has 1 aliphatic carbocycles. The molecule has 0 spiro atoms. The Morgan fingerprint density at radius 2 is 1.93 bits per heavy atom. The summed E-state index contributed by atoms with van der Waals surface area (Å²) < 4.78 is 1.97. The average molecular weight is 398 g/mol. The van der Waals surface area contributed by atoms with E-state index in [2.05, 4.69) is 37.8 Å². The van der Waals surface area contributed by atoms with Gasteiger partial charge in [-0.25, -0.2) is 9.97 Å². The summed E-state index contributed by atoms with van der Waals surface area (Å²) in [6.45, 7) is 0.662. The molecule has 1 aliphatic rings. The maximum Gasteiger partial charge on any atom is 0.228 e. The Kier molecular flexibility index (Phi) is 4.63. The topological polar surface area (TPSA) is 84.7 Å². The third-order valence-corrected chi connectivity index (χ3v) is 5.38. The van der Waals surface area contributed by atoms with E-state index in [1.54, 1.807) is 12.4 Å². The number of carbonyl (C=O) groups is 1. The van der Waals surface area contributed by atoms with Crippen LogP contribution < -0.4 is 10.6 Å². The van der Waals surface area contributed by atoms with Crippen molar-refractivity contribution in [1.82, 2.24) is 19.7 Å². The van der Waals surface area contributed by atoms with Gasteiger partial charge in [0.25, 0.3) is 0 Å². The number of aromatic nitrogens is 4. The summed E-state index contributed by atoms with van der Waals surface area (Å²) in [6, 6.07) is 14.1. The van der Waals surface area contributed by atoms with Crippen LogP contribution in [-0.2, 0) is 11.3 Å². The molecule has 1 saturated carbocycles. The van der Waals surface area contributed by atoms with Crippen LogP contribution in [0, 0.1) is 5.92 Å². The minimum absolute atomic E-state index is 0.0421. The lowest BCUT2D eigenvalue weighted by Gasteiger charge is -2.13. The maximum atomic E-state index is 12.2. The second-order valence-electron chi connectivity index (χ2n) is 7.51. The zero-order valence-corrected chi connectivity index (χ0v) is 16.7. The predicted molar refractivity (Wildman–Crippen MR) is 117 cm³/mol. The van der Waals surface area contributed by atoms with E-state index in [-0.39, 0.29) is 11.8 Å². The lowest BCUT2D eigenvalue weighted by molar-refractivity contribution is -0.117. The first-order valence-corrected chi connectivity index (χ1v) is 10.1. The number of nitrogens with zero attached hydrogens (tertiary/aromatic N) is 4. The van der Waals surface area contributed by atoms with Crippen LogP contribution in [0.1, 0.15) is 18.4 Å². The number of hydrogen-bond donors (Lipinski definition) is 2. The average Bonchev–Trinajstić information content (AvgIpc) is 3.54. The van der Waals surface area contributed by atoms with Crippen LogP contribution in [0.2, 0.25) is 0 Å². The zero-order valence-electron chi connectivity index (χ0n) is 16.7. The van der Waals surface area contributed by atoms with Crippen molar-refractivity contribution < 1.29 is 4.79 Å². The van der Waals surface area contributed by atoms with Gasteiger partial charge in [0, 0.05) is 47.9 Å². The molecule has 0 atom stereocenters. The second-order valence-corrected chi connectivity index (χ2v) is 7.51. The molecule has 0 radical (unpaired) electrons. The largest absolute Gasteiger partial charge is 0.373 e. The van der Waals surface area contributed by atoms with E-state index in [0.29, 0.717) is 12.4 Å². The summed E-state index contributed by atoms with van der Waals surface area (Å²) in [5.41, 5.74) is 3.08. The Labute approximate surface area is 174 Å². The van der Waals surface area contributed by atoms with Crippen molar-refractivity contribution in [2.75, 3.05) is 17.7 Å². The molecule has 0 saturated heterocycles. The van der Waals surface area contributed by atoms with Crippen molar-refractivity contribution in [3.63, 3.8) is 0 Å². The lowest BCUT2D eigenvalue weighted by Crippen LogP contribution is -2.14. The zero-order chi connectivity index (χ0) is 20.5. The third kappa shape index (κ3) is 3.50. The van der Waals surface area contributed by atoms with Crippen molar-refractivity contribution in [1.29, 1.82) is 0 Å². The smallest absolute Gasteiger partial charge is 0.228 e. The molecule has 7 heteroatoms. The van der Waals surface area contributed by atoms with Crippen LogP contribution in [0.25, 0.3) is 22.0 Å². The normalized spacial score (nSPS) is 13.4. The number of fused-ring (bicyclic) bond motifs is 1. The number of hydrogen-bond acceptors (Lipinski definition) is 5. The van der Waals surface area contributed by atoms with E-state index in [1.807, 2.05) is 48.3 Å². The number of anilines is 2. The first kappa shape index (κ1) is 18.3. The van der Waals surface area contributed by atoms with Gasteiger partial charge in [-0.15, -0.1) is 0 Å². The number of carbonyl (C=O) groups excluding carboxylic acids is 1. The molecule has 1 fully saturated rings. The summed E-state index contributed by atoms with van der Waals surface area (Å²) in [6.07, 6.45) is 7.32. The third-order valence-electron chi connectivity index (χ3n) is 5.38. The molecule has 0 aliphatic heterocycles. The monoisotopic (exact) mass is 398 g/mol. The fourth-order valence-corrected chi connectivity index (χ4v) is 3.62. The molecule has 1 aromatic carbocycles. The molecule has 1 amide bonds. The van der Waals surface area contributed by atoms with Gasteiger partial charge in [-0.1, -0.05) is 30.3 Å². The standard InChI is InChI=1S/C23H22N6O/c1-24-22-19-13-25-21(28-23(30)16-7-8-16)11-17(19)18(12-26-22)20-9-10-27-29(20)14-15-5-3-2-4-6-15/h2-6,9-13,16H,7-8,14H2,1H3,(H,24,26)(H,25,28,30). The van der Waals surface area contributed by atoms with Crippen molar-refractivity contribution >= 4 is 28.3 Å². The number of rotatable bonds is 6. The Morgan fingerprint density at radius 1 is 1.10 bits per heavy atom. The highest BCUT2D eigenvalue weighted by atomic mass is 16.2. The molecule has 30 heavy (non-hydrogen) atoms. The van der Waals surface area contributed by atoms with Gasteiger partial charge in [-0.3, -0.25) is 9.48 Å². The SMILES string of the molecule is CNc1ncc(-c2ccnn2Cc2ccccc2)c2cc(NC(=O)C3CC3)ncc12. The number of amides is 1. The number of benzene rings is 1. The van der Waals surface area contributed by atoms with Crippen LogP contribution in [0.15, 0.2) is 61.1 Å². The summed E-state index contributed by atoms with van der Waals surface area (Å²) >= 11 is 0. The van der Waals surface area contributed by atoms with Gasteiger partial charge < -0.3 is 10.6 Å². The molecule has 5 rings (SSSR count). The molecule has 4 aromatic rings. The molecule has 0 unspecified atom stereocenters. The van der Waals surface area contributed by atoms with Gasteiger partial charge in [0.15, 0.2) is 0 Å². The van der Waals surface area contributed by atoms with Crippen LogP contribution in [-0.4, -0.2) is 32.7 Å². The van der Waals surface area contributed by atoms with Gasteiger partial charge in [0.2, 0.25) is 5.91 Å². The Morgan fingerprint density at radius 3 is 2.70 bits per heavy atom. The Balaban J connectivity index is 1.58. The quantitative estimate of drug-likeness (QED) is 0.514. The number of nitrogens with one attached hydrogen (secondary N) is 2. The highest BCUT2D eigenvalue weighted by Crippen LogP contribution is 2.34. The van der Waals surface area contributed by atoms with Gasteiger partial charge >= 0.3 is 0 Å². The molecular formula is C23H22N6O. The van der Waals surface area contributed by atoms with Crippen molar-refractivity contribution in [2.45, 2.75) is 19.4 Å². The van der Waals surface area contributed by atoms with Crippen LogP contribution in [0.4, 0.5) is 11.6 Å². The lowest BCUT2D eigenvalue weighted by atomic mass is 10.1. The van der Waals surface area contributed by atoms with E-state index < -0.39 is 0 Å². The van der Waals surface area contributed by atoms with E-state index in [1.165, 1.54) is 5.56 Å².